The van der Waals surface area contributed by atoms with Gasteiger partial charge >= 0.3 is 6.18 Å². The zero-order valence-electron chi connectivity index (χ0n) is 12.9. The van der Waals surface area contributed by atoms with E-state index < -0.39 is 11.7 Å². The molecule has 130 valence electrons. The summed E-state index contributed by atoms with van der Waals surface area (Å²) in [5.74, 6) is 0.198. The fourth-order valence-corrected chi connectivity index (χ4v) is 2.47. The molecule has 3 rings (SSSR count). The molecule has 1 saturated heterocycles. The highest BCUT2D eigenvalue weighted by molar-refractivity contribution is 5.30. The van der Waals surface area contributed by atoms with Gasteiger partial charge in [-0.2, -0.15) is 18.3 Å². The summed E-state index contributed by atoms with van der Waals surface area (Å²) in [7, 11) is 0. The van der Waals surface area contributed by atoms with Crippen molar-refractivity contribution in [2.75, 3.05) is 26.3 Å². The molecule has 0 aliphatic carbocycles. The van der Waals surface area contributed by atoms with Crippen LogP contribution in [0.1, 0.15) is 23.1 Å². The van der Waals surface area contributed by atoms with Gasteiger partial charge in [-0.25, -0.2) is 0 Å². The summed E-state index contributed by atoms with van der Waals surface area (Å²) in [5, 5.41) is 10.4. The Kier molecular flexibility index (Phi) is 5.06. The molecule has 1 aliphatic rings. The monoisotopic (exact) mass is 341 g/mol. The van der Waals surface area contributed by atoms with Crippen LogP contribution in [-0.2, 0) is 17.3 Å². The first-order chi connectivity index (χ1) is 11.5. The number of H-pyrrole nitrogens is 1. The standard InChI is InChI=1S/C16H18F3N3O2/c17-16(18,19)11-2-1-3-13(8-11)23-6-4-12-9-14(22-21-12)15-10-20-5-7-24-15/h1-3,8-9,15,20H,4-7,10H2,(H,21,22)/t15-/m0/s1. The molecule has 5 nitrogen and oxygen atoms in total. The maximum Gasteiger partial charge on any atom is 0.416 e. The van der Waals surface area contributed by atoms with E-state index in [1.165, 1.54) is 12.1 Å². The average Bonchev–Trinajstić information content (AvgIpc) is 3.04. The number of hydrogen-bond donors (Lipinski definition) is 2. The van der Waals surface area contributed by atoms with Gasteiger partial charge in [0.2, 0.25) is 0 Å². The number of nitrogens with zero attached hydrogens (tertiary/aromatic N) is 1. The number of morpholine rings is 1. The number of alkyl halides is 3. The summed E-state index contributed by atoms with van der Waals surface area (Å²) in [6.45, 7) is 2.45. The normalized spacial score (nSPS) is 18.5. The van der Waals surface area contributed by atoms with Gasteiger partial charge in [0.15, 0.2) is 0 Å². The molecule has 1 fully saturated rings. The second-order valence-corrected chi connectivity index (χ2v) is 5.51. The quantitative estimate of drug-likeness (QED) is 0.878. The summed E-state index contributed by atoms with van der Waals surface area (Å²) in [5.41, 5.74) is 0.952. The van der Waals surface area contributed by atoms with Crippen molar-refractivity contribution < 1.29 is 22.6 Å². The summed E-state index contributed by atoms with van der Waals surface area (Å²) in [4.78, 5) is 0. The van der Waals surface area contributed by atoms with Crippen LogP contribution < -0.4 is 10.1 Å². The molecule has 2 heterocycles. The predicted octanol–water partition coefficient (Wildman–Crippen LogP) is 2.71. The fourth-order valence-electron chi connectivity index (χ4n) is 2.47. The third kappa shape index (κ3) is 4.27. The van der Waals surface area contributed by atoms with Crippen LogP contribution in [0.2, 0.25) is 0 Å². The topological polar surface area (TPSA) is 59.2 Å². The van der Waals surface area contributed by atoms with Crippen LogP contribution in [0, 0.1) is 0 Å². The molecule has 24 heavy (non-hydrogen) atoms. The molecule has 1 atom stereocenters. The molecule has 1 aromatic carbocycles. The van der Waals surface area contributed by atoms with Gasteiger partial charge in [-0.3, -0.25) is 5.10 Å². The Bertz CT molecular complexity index is 667. The summed E-state index contributed by atoms with van der Waals surface area (Å²) >= 11 is 0. The summed E-state index contributed by atoms with van der Waals surface area (Å²) < 4.78 is 49.0. The molecule has 2 aromatic rings. The molecule has 0 bridgehead atoms. The van der Waals surface area contributed by atoms with Crippen LogP contribution in [0.3, 0.4) is 0 Å². The van der Waals surface area contributed by atoms with E-state index in [-0.39, 0.29) is 18.5 Å². The van der Waals surface area contributed by atoms with E-state index in [0.717, 1.165) is 30.1 Å². The molecule has 0 unspecified atom stereocenters. The highest BCUT2D eigenvalue weighted by Crippen LogP contribution is 2.31. The van der Waals surface area contributed by atoms with Crippen molar-refractivity contribution in [2.24, 2.45) is 0 Å². The summed E-state index contributed by atoms with van der Waals surface area (Å²) in [6.07, 6.45) is -3.93. The third-order valence-electron chi connectivity index (χ3n) is 3.71. The van der Waals surface area contributed by atoms with Crippen LogP contribution in [0.5, 0.6) is 5.75 Å². The minimum Gasteiger partial charge on any atom is -0.493 e. The Balaban J connectivity index is 1.52. The van der Waals surface area contributed by atoms with Crippen LogP contribution in [0.15, 0.2) is 30.3 Å². The number of ether oxygens (including phenoxy) is 2. The second-order valence-electron chi connectivity index (χ2n) is 5.51. The lowest BCUT2D eigenvalue weighted by molar-refractivity contribution is -0.137. The number of hydrogen-bond acceptors (Lipinski definition) is 4. The SMILES string of the molecule is FC(F)(F)c1cccc(OCCc2cc([C@@H]3CNCCO3)n[nH]2)c1. The van der Waals surface area contributed by atoms with Crippen LogP contribution in [0.25, 0.3) is 0 Å². The van der Waals surface area contributed by atoms with E-state index in [9.17, 15) is 13.2 Å². The third-order valence-corrected chi connectivity index (χ3v) is 3.71. The number of nitrogens with one attached hydrogen (secondary N) is 2. The predicted molar refractivity (Wildman–Crippen MR) is 80.8 cm³/mol. The van der Waals surface area contributed by atoms with Crippen LogP contribution in [0.4, 0.5) is 13.2 Å². The van der Waals surface area contributed by atoms with E-state index >= 15 is 0 Å². The van der Waals surface area contributed by atoms with Crippen molar-refractivity contribution in [3.05, 3.63) is 47.3 Å². The van der Waals surface area contributed by atoms with Crippen LogP contribution >= 0.6 is 0 Å². The smallest absolute Gasteiger partial charge is 0.416 e. The van der Waals surface area contributed by atoms with Gasteiger partial charge in [0, 0.05) is 25.2 Å². The zero-order chi connectivity index (χ0) is 17.0. The maximum atomic E-state index is 12.6. The highest BCUT2D eigenvalue weighted by Gasteiger charge is 2.30. The van der Waals surface area contributed by atoms with Gasteiger partial charge in [0.05, 0.1) is 24.5 Å². The van der Waals surface area contributed by atoms with Gasteiger partial charge in [-0.1, -0.05) is 6.07 Å². The lowest BCUT2D eigenvalue weighted by Crippen LogP contribution is -2.33. The van der Waals surface area contributed by atoms with E-state index in [0.29, 0.717) is 19.6 Å². The van der Waals surface area contributed by atoms with Crippen molar-refractivity contribution in [2.45, 2.75) is 18.7 Å². The first kappa shape index (κ1) is 16.8. The van der Waals surface area contributed by atoms with E-state index in [2.05, 4.69) is 15.5 Å². The molecule has 0 amide bonds. The Labute approximate surface area is 137 Å². The first-order valence-electron chi connectivity index (χ1n) is 7.69. The van der Waals surface area contributed by atoms with Crippen molar-refractivity contribution in [3.8, 4) is 5.75 Å². The molecule has 1 aromatic heterocycles. The minimum atomic E-state index is -4.37. The molecule has 8 heteroatoms. The lowest BCUT2D eigenvalue weighted by atomic mass is 10.2. The first-order valence-corrected chi connectivity index (χ1v) is 7.69. The fraction of sp³-hybridized carbons (Fsp3) is 0.438. The highest BCUT2D eigenvalue weighted by atomic mass is 19.4. The Morgan fingerprint density at radius 3 is 2.92 bits per heavy atom. The minimum absolute atomic E-state index is 0.0758. The molecule has 0 radical (unpaired) electrons. The zero-order valence-corrected chi connectivity index (χ0v) is 12.9. The van der Waals surface area contributed by atoms with Gasteiger partial charge in [0.1, 0.15) is 11.9 Å². The van der Waals surface area contributed by atoms with Crippen molar-refractivity contribution in [1.29, 1.82) is 0 Å². The summed E-state index contributed by atoms with van der Waals surface area (Å²) in [6, 6.07) is 6.76. The van der Waals surface area contributed by atoms with Gasteiger partial charge in [-0.05, 0) is 24.3 Å². The van der Waals surface area contributed by atoms with E-state index in [1.807, 2.05) is 6.07 Å². The maximum absolute atomic E-state index is 12.6. The van der Waals surface area contributed by atoms with Crippen molar-refractivity contribution in [1.82, 2.24) is 15.5 Å². The molecule has 2 N–H and O–H groups in total. The van der Waals surface area contributed by atoms with Crippen molar-refractivity contribution >= 4 is 0 Å². The van der Waals surface area contributed by atoms with E-state index in [4.69, 9.17) is 9.47 Å². The van der Waals surface area contributed by atoms with Gasteiger partial charge in [0.25, 0.3) is 0 Å². The average molecular weight is 341 g/mol. The number of rotatable bonds is 5. The number of aromatic nitrogens is 2. The van der Waals surface area contributed by atoms with Crippen molar-refractivity contribution in [3.63, 3.8) is 0 Å². The molecule has 0 spiro atoms. The number of benzene rings is 1. The molecular weight excluding hydrogens is 323 g/mol. The molecule has 1 aliphatic heterocycles. The van der Waals surface area contributed by atoms with Crippen LogP contribution in [-0.4, -0.2) is 36.5 Å². The number of aromatic amines is 1. The lowest BCUT2D eigenvalue weighted by Gasteiger charge is -2.21. The van der Waals surface area contributed by atoms with E-state index in [1.54, 1.807) is 0 Å². The second kappa shape index (κ2) is 7.23. The Hall–Kier alpha value is -2.06. The van der Waals surface area contributed by atoms with Gasteiger partial charge < -0.3 is 14.8 Å². The number of halogens is 3. The molecular formula is C16H18F3N3O2. The largest absolute Gasteiger partial charge is 0.493 e. The Morgan fingerprint density at radius 1 is 1.29 bits per heavy atom. The van der Waals surface area contributed by atoms with Gasteiger partial charge in [-0.15, -0.1) is 0 Å². The molecule has 0 saturated carbocycles. The Morgan fingerprint density at radius 2 is 2.17 bits per heavy atom.